The van der Waals surface area contributed by atoms with E-state index in [1.165, 1.54) is 11.3 Å². The largest absolute Gasteiger partial charge is 0.383 e. The molecule has 2 rings (SSSR count). The minimum atomic E-state index is -0.326. The van der Waals surface area contributed by atoms with Gasteiger partial charge in [0, 0.05) is 31.3 Å². The van der Waals surface area contributed by atoms with Gasteiger partial charge in [0.15, 0.2) is 0 Å². The van der Waals surface area contributed by atoms with Crippen LogP contribution in [-0.2, 0) is 11.3 Å². The molecular formula is C21H28Cl2N4O3S. The summed E-state index contributed by atoms with van der Waals surface area (Å²) >= 11 is 13.3. The van der Waals surface area contributed by atoms with E-state index in [0.717, 1.165) is 25.7 Å². The zero-order valence-corrected chi connectivity index (χ0v) is 20.1. The van der Waals surface area contributed by atoms with Gasteiger partial charge in [0.1, 0.15) is 10.7 Å². The number of benzene rings is 1. The van der Waals surface area contributed by atoms with Gasteiger partial charge in [-0.15, -0.1) is 11.3 Å². The molecule has 31 heavy (non-hydrogen) atoms. The lowest BCUT2D eigenvalue weighted by Gasteiger charge is -2.22. The first-order valence-electron chi connectivity index (χ1n) is 10.2. The van der Waals surface area contributed by atoms with Gasteiger partial charge in [0.2, 0.25) is 0 Å². The number of rotatable bonds is 12. The first kappa shape index (κ1) is 25.4. The van der Waals surface area contributed by atoms with Crippen molar-refractivity contribution in [1.82, 2.24) is 15.2 Å². The normalized spacial score (nSPS) is 10.7. The molecule has 0 aliphatic carbocycles. The first-order valence-corrected chi connectivity index (χ1v) is 11.8. The molecule has 0 aliphatic rings. The van der Waals surface area contributed by atoms with Crippen LogP contribution in [0.5, 0.6) is 0 Å². The summed E-state index contributed by atoms with van der Waals surface area (Å²) in [6, 6.07) is 4.55. The molecule has 0 aliphatic heterocycles. The summed E-state index contributed by atoms with van der Waals surface area (Å²) in [5.41, 5.74) is 0.899. The third-order valence-electron chi connectivity index (χ3n) is 4.45. The lowest BCUT2D eigenvalue weighted by atomic mass is 10.2. The molecule has 1 heterocycles. The second-order valence-corrected chi connectivity index (χ2v) is 8.67. The van der Waals surface area contributed by atoms with E-state index in [2.05, 4.69) is 22.5 Å². The maximum Gasteiger partial charge on any atom is 0.322 e. The molecule has 1 aromatic carbocycles. The zero-order valence-electron chi connectivity index (χ0n) is 17.7. The molecule has 3 amide bonds. The monoisotopic (exact) mass is 486 g/mol. The average molecular weight is 487 g/mol. The summed E-state index contributed by atoms with van der Waals surface area (Å²) in [6.45, 7) is 3.77. The molecule has 10 heteroatoms. The fourth-order valence-corrected chi connectivity index (χ4v) is 3.81. The molecule has 0 bridgehead atoms. The lowest BCUT2D eigenvalue weighted by molar-refractivity contribution is 0.0948. The molecule has 0 atom stereocenters. The summed E-state index contributed by atoms with van der Waals surface area (Å²) in [6.07, 6.45) is 4.37. The van der Waals surface area contributed by atoms with Gasteiger partial charge < -0.3 is 20.3 Å². The van der Waals surface area contributed by atoms with Crippen molar-refractivity contribution >= 4 is 52.2 Å². The standard InChI is InChI=1S/C21H28Cl2N4O3S/c1-3-4-5-6-9-24-20(28)18-14-31-19(26-18)13-27(10-11-30-2)21(29)25-15-7-8-16(22)17(23)12-15/h7-8,12,14H,3-6,9-11,13H2,1-2H3,(H,24,28)(H,25,29). The molecular weight excluding hydrogens is 459 g/mol. The number of aromatic nitrogens is 1. The Kier molecular flexibility index (Phi) is 11.1. The molecule has 0 unspecified atom stereocenters. The number of anilines is 1. The number of unbranched alkanes of at least 4 members (excludes halogenated alkanes) is 3. The maximum atomic E-state index is 12.8. The van der Waals surface area contributed by atoms with Crippen molar-refractivity contribution in [3.05, 3.63) is 44.3 Å². The Hall–Kier alpha value is -1.87. The number of nitrogens with one attached hydrogen (secondary N) is 2. The number of amides is 3. The number of hydrogen-bond donors (Lipinski definition) is 2. The van der Waals surface area contributed by atoms with E-state index >= 15 is 0 Å². The van der Waals surface area contributed by atoms with Gasteiger partial charge in [0.05, 0.1) is 23.2 Å². The number of carbonyl (C=O) groups is 2. The van der Waals surface area contributed by atoms with Crippen LogP contribution in [0.25, 0.3) is 0 Å². The van der Waals surface area contributed by atoms with Crippen molar-refractivity contribution < 1.29 is 14.3 Å². The van der Waals surface area contributed by atoms with E-state index in [1.807, 2.05) is 0 Å². The maximum absolute atomic E-state index is 12.8. The Morgan fingerprint density at radius 2 is 2.00 bits per heavy atom. The van der Waals surface area contributed by atoms with Gasteiger partial charge in [-0.2, -0.15) is 0 Å². The van der Waals surface area contributed by atoms with E-state index in [-0.39, 0.29) is 18.5 Å². The average Bonchev–Trinajstić information content (AvgIpc) is 3.22. The Morgan fingerprint density at radius 1 is 1.19 bits per heavy atom. The number of methoxy groups -OCH3 is 1. The van der Waals surface area contributed by atoms with Crippen LogP contribution in [0.2, 0.25) is 10.0 Å². The van der Waals surface area contributed by atoms with Crippen LogP contribution in [0, 0.1) is 0 Å². The van der Waals surface area contributed by atoms with Crippen molar-refractivity contribution in [3.8, 4) is 0 Å². The highest BCUT2D eigenvalue weighted by atomic mass is 35.5. The first-order chi connectivity index (χ1) is 14.9. The van der Waals surface area contributed by atoms with Crippen molar-refractivity contribution in [1.29, 1.82) is 0 Å². The highest BCUT2D eigenvalue weighted by Gasteiger charge is 2.18. The van der Waals surface area contributed by atoms with Gasteiger partial charge in [-0.25, -0.2) is 9.78 Å². The van der Waals surface area contributed by atoms with E-state index in [9.17, 15) is 9.59 Å². The van der Waals surface area contributed by atoms with Crippen LogP contribution in [0.3, 0.4) is 0 Å². The lowest BCUT2D eigenvalue weighted by Crippen LogP contribution is -2.36. The Labute approximate surface area is 197 Å². The molecule has 0 radical (unpaired) electrons. The number of halogens is 2. The molecule has 0 saturated heterocycles. The Bertz CT molecular complexity index is 863. The smallest absolute Gasteiger partial charge is 0.322 e. The highest BCUT2D eigenvalue weighted by molar-refractivity contribution is 7.09. The molecule has 2 N–H and O–H groups in total. The SMILES string of the molecule is CCCCCCNC(=O)c1csc(CN(CCOC)C(=O)Nc2ccc(Cl)c(Cl)c2)n1. The van der Waals surface area contributed by atoms with Crippen LogP contribution in [0.4, 0.5) is 10.5 Å². The van der Waals surface area contributed by atoms with Gasteiger partial charge in [-0.1, -0.05) is 49.4 Å². The van der Waals surface area contributed by atoms with Crippen LogP contribution in [0.15, 0.2) is 23.6 Å². The number of ether oxygens (including phenoxy) is 1. The van der Waals surface area contributed by atoms with Gasteiger partial charge >= 0.3 is 6.03 Å². The van der Waals surface area contributed by atoms with Crippen molar-refractivity contribution in [2.24, 2.45) is 0 Å². The molecule has 170 valence electrons. The van der Waals surface area contributed by atoms with Gasteiger partial charge in [-0.05, 0) is 24.6 Å². The number of carbonyl (C=O) groups excluding carboxylic acids is 2. The summed E-state index contributed by atoms with van der Waals surface area (Å²) in [4.78, 5) is 31.0. The van der Waals surface area contributed by atoms with E-state index in [0.29, 0.717) is 46.1 Å². The topological polar surface area (TPSA) is 83.6 Å². The minimum absolute atomic E-state index is 0.192. The highest BCUT2D eigenvalue weighted by Crippen LogP contribution is 2.25. The second kappa shape index (κ2) is 13.5. The van der Waals surface area contributed by atoms with Crippen LogP contribution >= 0.6 is 34.5 Å². The third-order valence-corrected chi connectivity index (χ3v) is 6.02. The van der Waals surface area contributed by atoms with Gasteiger partial charge in [0.25, 0.3) is 5.91 Å². The predicted molar refractivity (Wildman–Crippen MR) is 126 cm³/mol. The van der Waals surface area contributed by atoms with E-state index < -0.39 is 0 Å². The van der Waals surface area contributed by atoms with Crippen LogP contribution < -0.4 is 10.6 Å². The summed E-state index contributed by atoms with van der Waals surface area (Å²) in [7, 11) is 1.57. The van der Waals surface area contributed by atoms with Crippen molar-refractivity contribution in [2.45, 2.75) is 39.2 Å². The summed E-state index contributed by atoms with van der Waals surface area (Å²) < 4.78 is 5.12. The van der Waals surface area contributed by atoms with E-state index in [4.69, 9.17) is 27.9 Å². The second-order valence-electron chi connectivity index (χ2n) is 6.92. The predicted octanol–water partition coefficient (Wildman–Crippen LogP) is 5.44. The fourth-order valence-electron chi connectivity index (χ4n) is 2.73. The molecule has 2 aromatic rings. The van der Waals surface area contributed by atoms with Crippen LogP contribution in [-0.4, -0.2) is 48.6 Å². The Balaban J connectivity index is 1.96. The van der Waals surface area contributed by atoms with Gasteiger partial charge in [-0.3, -0.25) is 4.79 Å². The minimum Gasteiger partial charge on any atom is -0.383 e. The quantitative estimate of drug-likeness (QED) is 0.391. The molecule has 0 saturated carbocycles. The fraction of sp³-hybridized carbons (Fsp3) is 0.476. The number of nitrogens with zero attached hydrogens (tertiary/aromatic N) is 2. The molecule has 1 aromatic heterocycles. The number of hydrogen-bond acceptors (Lipinski definition) is 5. The van der Waals surface area contributed by atoms with Crippen LogP contribution in [0.1, 0.15) is 48.1 Å². The molecule has 7 nitrogen and oxygen atoms in total. The number of thiazole rings is 1. The third kappa shape index (κ3) is 8.65. The number of urea groups is 1. The zero-order chi connectivity index (χ0) is 22.6. The molecule has 0 fully saturated rings. The summed E-state index contributed by atoms with van der Waals surface area (Å²) in [5, 5.41) is 8.83. The Morgan fingerprint density at radius 3 is 2.71 bits per heavy atom. The van der Waals surface area contributed by atoms with Crippen molar-refractivity contribution in [2.75, 3.05) is 32.1 Å². The van der Waals surface area contributed by atoms with E-state index in [1.54, 1.807) is 35.6 Å². The van der Waals surface area contributed by atoms with Crippen molar-refractivity contribution in [3.63, 3.8) is 0 Å². The molecule has 0 spiro atoms. The summed E-state index contributed by atoms with van der Waals surface area (Å²) in [5.74, 6) is -0.192.